The normalized spacial score (nSPS) is 23.0. The van der Waals surface area contributed by atoms with E-state index in [4.69, 9.17) is 0 Å². The predicted octanol–water partition coefficient (Wildman–Crippen LogP) is 2.15. The summed E-state index contributed by atoms with van der Waals surface area (Å²) in [7, 11) is 0. The van der Waals surface area contributed by atoms with E-state index in [0.29, 0.717) is 6.54 Å². The first-order chi connectivity index (χ1) is 14.7. The van der Waals surface area contributed by atoms with Crippen LogP contribution in [0.15, 0.2) is 24.3 Å². The lowest BCUT2D eigenvalue weighted by Gasteiger charge is -2.35. The molecule has 1 aromatic heterocycles. The van der Waals surface area contributed by atoms with Gasteiger partial charge >= 0.3 is 0 Å². The highest BCUT2D eigenvalue weighted by molar-refractivity contribution is 7.13. The average Bonchev–Trinajstić information content (AvgIpc) is 3.32. The Balaban J connectivity index is 0.00000128. The number of carbonyl (C=O) groups is 2. The van der Waals surface area contributed by atoms with Crippen LogP contribution in [-0.2, 0) is 9.59 Å². The van der Waals surface area contributed by atoms with E-state index in [1.807, 2.05) is 0 Å². The number of carbonyl (C=O) groups excluding carboxylic acids is 2. The van der Waals surface area contributed by atoms with E-state index in [2.05, 4.69) is 38.4 Å². The van der Waals surface area contributed by atoms with E-state index >= 15 is 0 Å². The van der Waals surface area contributed by atoms with Gasteiger partial charge in [-0.2, -0.15) is 4.37 Å². The molecule has 8 nitrogen and oxygen atoms in total. The molecule has 184 valence electrons. The molecule has 1 aromatic carbocycles. The molecule has 2 saturated heterocycles. The molecular formula is C23H35ClN4O4S. The average molecular weight is 499 g/mol. The maximum absolute atomic E-state index is 12.6. The minimum Gasteiger partial charge on any atom is -0.412 e. The lowest BCUT2D eigenvalue weighted by atomic mass is 9.81. The number of piperazine rings is 1. The summed E-state index contributed by atoms with van der Waals surface area (Å²) in [5, 5.41) is 1.26. The van der Waals surface area contributed by atoms with Crippen molar-refractivity contribution in [3.63, 3.8) is 0 Å². The molecule has 3 fully saturated rings. The Bertz CT molecular complexity index is 910. The van der Waals surface area contributed by atoms with Crippen LogP contribution in [0.5, 0.6) is 0 Å². The fourth-order valence-electron chi connectivity index (χ4n) is 5.34. The van der Waals surface area contributed by atoms with Crippen molar-refractivity contribution in [2.75, 3.05) is 44.2 Å². The number of hydrogen-bond acceptors (Lipinski definition) is 6. The number of halogens is 1. The van der Waals surface area contributed by atoms with Crippen molar-refractivity contribution in [2.24, 2.45) is 11.8 Å². The molecule has 2 aliphatic heterocycles. The second-order valence-electron chi connectivity index (χ2n) is 8.86. The molecule has 2 aromatic rings. The van der Waals surface area contributed by atoms with Gasteiger partial charge in [0.2, 0.25) is 11.8 Å². The summed E-state index contributed by atoms with van der Waals surface area (Å²) in [5.74, 6) is 1.31. The van der Waals surface area contributed by atoms with Crippen LogP contribution in [-0.4, -0.2) is 76.2 Å². The maximum atomic E-state index is 12.6. The molecule has 10 heteroatoms. The number of nitrogens with zero attached hydrogens (tertiary/aromatic N) is 4. The number of aromatic nitrogens is 1. The Morgan fingerprint density at radius 3 is 2.15 bits per heavy atom. The molecule has 3 aliphatic rings. The van der Waals surface area contributed by atoms with Gasteiger partial charge in [0.05, 0.1) is 16.5 Å². The van der Waals surface area contributed by atoms with Gasteiger partial charge in [0.15, 0.2) is 0 Å². The smallest absolute Gasteiger partial charge is 0.233 e. The van der Waals surface area contributed by atoms with Crippen molar-refractivity contribution in [2.45, 2.75) is 38.5 Å². The molecule has 1 saturated carbocycles. The molecule has 4 N–H and O–H groups in total. The number of hydrogen-bond donors (Lipinski definition) is 0. The number of unbranched alkanes of at least 4 members (excludes halogenated alkanes) is 1. The highest BCUT2D eigenvalue weighted by atomic mass is 35.5. The van der Waals surface area contributed by atoms with Crippen LogP contribution in [0, 0.1) is 11.8 Å². The number of rotatable bonds is 6. The number of likely N-dealkylation sites (tertiary alicyclic amines) is 1. The Morgan fingerprint density at radius 1 is 0.879 bits per heavy atom. The number of amides is 2. The molecule has 1 aliphatic carbocycles. The van der Waals surface area contributed by atoms with Gasteiger partial charge in [-0.25, -0.2) is 0 Å². The minimum atomic E-state index is -0.0128. The highest BCUT2D eigenvalue weighted by Crippen LogP contribution is 2.38. The summed E-state index contributed by atoms with van der Waals surface area (Å²) in [5.41, 5.74) is 0. The fraction of sp³-hybridized carbons (Fsp3) is 0.609. The molecule has 0 bridgehead atoms. The predicted molar refractivity (Wildman–Crippen MR) is 134 cm³/mol. The van der Waals surface area contributed by atoms with Gasteiger partial charge in [-0.15, -0.1) is 12.4 Å². The SMILES string of the molecule is Cl.O.O.O=C1C2CCCCC2C(=O)N1CCCCN1CCN(c2nsc3ccccc23)CC1. The second-order valence-corrected chi connectivity index (χ2v) is 9.67. The Kier molecular flexibility index (Phi) is 10.1. The van der Waals surface area contributed by atoms with E-state index < -0.39 is 0 Å². The monoisotopic (exact) mass is 498 g/mol. The Morgan fingerprint density at radius 2 is 1.48 bits per heavy atom. The zero-order valence-electron chi connectivity index (χ0n) is 18.9. The van der Waals surface area contributed by atoms with Crippen LogP contribution >= 0.6 is 23.9 Å². The first-order valence-electron chi connectivity index (χ1n) is 11.4. The Labute approximate surface area is 205 Å². The molecule has 5 rings (SSSR count). The van der Waals surface area contributed by atoms with Crippen LogP contribution < -0.4 is 4.90 Å². The van der Waals surface area contributed by atoms with Gasteiger partial charge < -0.3 is 15.9 Å². The largest absolute Gasteiger partial charge is 0.412 e. The summed E-state index contributed by atoms with van der Waals surface area (Å²) in [6, 6.07) is 8.45. The van der Waals surface area contributed by atoms with Crippen LogP contribution in [0.25, 0.3) is 10.1 Å². The zero-order chi connectivity index (χ0) is 20.5. The summed E-state index contributed by atoms with van der Waals surface area (Å²) in [4.78, 5) is 31.6. The number of anilines is 1. The van der Waals surface area contributed by atoms with E-state index in [1.165, 1.54) is 10.1 Å². The number of imide groups is 1. The van der Waals surface area contributed by atoms with Crippen molar-refractivity contribution in [1.82, 2.24) is 14.2 Å². The van der Waals surface area contributed by atoms with Crippen molar-refractivity contribution in [3.05, 3.63) is 24.3 Å². The fourth-order valence-corrected chi connectivity index (χ4v) is 6.14. The van der Waals surface area contributed by atoms with Crippen LogP contribution in [0.2, 0.25) is 0 Å². The second kappa shape index (κ2) is 12.1. The lowest BCUT2D eigenvalue weighted by molar-refractivity contribution is -0.140. The molecule has 33 heavy (non-hydrogen) atoms. The molecule has 2 amide bonds. The van der Waals surface area contributed by atoms with E-state index in [1.54, 1.807) is 16.4 Å². The number of fused-ring (bicyclic) bond motifs is 2. The lowest BCUT2D eigenvalue weighted by Crippen LogP contribution is -2.46. The highest BCUT2D eigenvalue weighted by Gasteiger charge is 2.47. The van der Waals surface area contributed by atoms with Crippen molar-refractivity contribution >= 4 is 51.7 Å². The van der Waals surface area contributed by atoms with E-state index in [-0.39, 0.29) is 47.0 Å². The molecular weight excluding hydrogens is 464 g/mol. The van der Waals surface area contributed by atoms with E-state index in [0.717, 1.165) is 77.1 Å². The third kappa shape index (κ3) is 5.49. The van der Waals surface area contributed by atoms with Gasteiger partial charge in [0.1, 0.15) is 5.82 Å². The zero-order valence-corrected chi connectivity index (χ0v) is 20.5. The van der Waals surface area contributed by atoms with E-state index in [9.17, 15) is 9.59 Å². The molecule has 0 radical (unpaired) electrons. The third-order valence-electron chi connectivity index (χ3n) is 7.07. The quantitative estimate of drug-likeness (QED) is 0.446. The number of benzene rings is 1. The van der Waals surface area contributed by atoms with Crippen molar-refractivity contribution < 1.29 is 20.5 Å². The van der Waals surface area contributed by atoms with Crippen molar-refractivity contribution in [3.8, 4) is 0 Å². The third-order valence-corrected chi connectivity index (χ3v) is 7.89. The molecule has 3 heterocycles. The summed E-state index contributed by atoms with van der Waals surface area (Å²) in [6.45, 7) is 5.72. The summed E-state index contributed by atoms with van der Waals surface area (Å²) in [6.07, 6.45) is 5.95. The van der Waals surface area contributed by atoms with Gasteiger partial charge in [-0.05, 0) is 55.9 Å². The summed E-state index contributed by atoms with van der Waals surface area (Å²) >= 11 is 1.58. The first-order valence-corrected chi connectivity index (χ1v) is 12.2. The molecule has 2 unspecified atom stereocenters. The first kappa shape index (κ1) is 27.5. The minimum absolute atomic E-state index is 0. The van der Waals surface area contributed by atoms with Crippen LogP contribution in [0.1, 0.15) is 38.5 Å². The van der Waals surface area contributed by atoms with Crippen molar-refractivity contribution in [1.29, 1.82) is 0 Å². The van der Waals surface area contributed by atoms with Crippen LogP contribution in [0.4, 0.5) is 5.82 Å². The van der Waals surface area contributed by atoms with Gasteiger partial charge in [-0.1, -0.05) is 25.0 Å². The topological polar surface area (TPSA) is 120 Å². The summed E-state index contributed by atoms with van der Waals surface area (Å²) < 4.78 is 5.94. The standard InChI is InChI=1S/C23H30N4O2S.ClH.2H2O/c28-22-17-7-1-2-8-18(17)23(29)27(22)12-6-5-11-25-13-15-26(16-14-25)21-19-9-3-4-10-20(19)30-24-21;;;/h3-4,9-10,17-18H,1-2,5-8,11-16H2;1H;2*1H2. The van der Waals surface area contributed by atoms with Gasteiger partial charge in [0.25, 0.3) is 0 Å². The van der Waals surface area contributed by atoms with Gasteiger partial charge in [0, 0.05) is 38.1 Å². The Hall–Kier alpha value is -1.78. The van der Waals surface area contributed by atoms with Gasteiger partial charge in [-0.3, -0.25) is 19.4 Å². The molecule has 0 spiro atoms. The molecule has 2 atom stereocenters. The maximum Gasteiger partial charge on any atom is 0.233 e. The van der Waals surface area contributed by atoms with Crippen LogP contribution in [0.3, 0.4) is 0 Å².